The van der Waals surface area contributed by atoms with Gasteiger partial charge < -0.3 is 10.3 Å². The van der Waals surface area contributed by atoms with Gasteiger partial charge in [0, 0.05) is 17.8 Å². The zero-order valence-electron chi connectivity index (χ0n) is 11.5. The smallest absolute Gasteiger partial charge is 0.257 e. The van der Waals surface area contributed by atoms with E-state index in [-0.39, 0.29) is 11.5 Å². The second kappa shape index (κ2) is 6.01. The fourth-order valence-corrected chi connectivity index (χ4v) is 1.88. The lowest BCUT2D eigenvalue weighted by molar-refractivity contribution is 0.102. The minimum absolute atomic E-state index is 0.257. The Labute approximate surface area is 125 Å². The van der Waals surface area contributed by atoms with Gasteiger partial charge in [-0.25, -0.2) is 9.97 Å². The molecule has 3 rings (SSSR count). The summed E-state index contributed by atoms with van der Waals surface area (Å²) in [6.45, 7) is 0. The molecule has 108 valence electrons. The molecule has 2 N–H and O–H groups in total. The Bertz CT molecular complexity index is 822. The first kappa shape index (κ1) is 13.7. The number of carbonyl (C=O) groups is 1. The van der Waals surface area contributed by atoms with Crippen molar-refractivity contribution in [3.63, 3.8) is 0 Å². The van der Waals surface area contributed by atoms with Gasteiger partial charge in [-0.2, -0.15) is 0 Å². The summed E-state index contributed by atoms with van der Waals surface area (Å²) in [5.41, 5.74) is 1.48. The molecular weight excluding hydrogens is 280 g/mol. The Balaban J connectivity index is 1.75. The number of nitrogens with zero attached hydrogens (tertiary/aromatic N) is 2. The molecule has 0 aliphatic heterocycles. The van der Waals surface area contributed by atoms with E-state index < -0.39 is 0 Å². The van der Waals surface area contributed by atoms with Crippen molar-refractivity contribution in [2.45, 2.75) is 0 Å². The van der Waals surface area contributed by atoms with Gasteiger partial charge in [0.2, 0.25) is 5.56 Å². The highest BCUT2D eigenvalue weighted by atomic mass is 16.1. The second-order valence-corrected chi connectivity index (χ2v) is 4.56. The van der Waals surface area contributed by atoms with Crippen LogP contribution in [0, 0.1) is 0 Å². The Morgan fingerprint density at radius 2 is 1.73 bits per heavy atom. The molecule has 2 aromatic heterocycles. The van der Waals surface area contributed by atoms with E-state index in [0.717, 1.165) is 5.56 Å². The predicted molar refractivity (Wildman–Crippen MR) is 82.5 cm³/mol. The third-order valence-electron chi connectivity index (χ3n) is 2.99. The van der Waals surface area contributed by atoms with Crippen molar-refractivity contribution in [3.8, 4) is 11.4 Å². The topological polar surface area (TPSA) is 87.7 Å². The van der Waals surface area contributed by atoms with Gasteiger partial charge in [0.25, 0.3) is 5.91 Å². The number of amides is 1. The fraction of sp³-hybridized carbons (Fsp3) is 0. The quantitative estimate of drug-likeness (QED) is 0.773. The molecule has 0 saturated carbocycles. The number of carbonyl (C=O) groups excluding carboxylic acids is 1. The largest absolute Gasteiger partial charge is 0.328 e. The van der Waals surface area contributed by atoms with Gasteiger partial charge in [-0.05, 0) is 6.07 Å². The Morgan fingerprint density at radius 3 is 2.36 bits per heavy atom. The van der Waals surface area contributed by atoms with Gasteiger partial charge in [-0.3, -0.25) is 9.59 Å². The zero-order chi connectivity index (χ0) is 15.4. The summed E-state index contributed by atoms with van der Waals surface area (Å²) in [4.78, 5) is 33.9. The van der Waals surface area contributed by atoms with Gasteiger partial charge in [-0.15, -0.1) is 0 Å². The molecule has 2 heterocycles. The van der Waals surface area contributed by atoms with Crippen molar-refractivity contribution in [2.75, 3.05) is 5.32 Å². The number of pyridine rings is 1. The summed E-state index contributed by atoms with van der Waals surface area (Å²) in [5.74, 6) is 0.245. The highest BCUT2D eigenvalue weighted by Gasteiger charge is 2.07. The minimum atomic E-state index is -0.340. The first-order chi connectivity index (χ1) is 10.7. The normalized spacial score (nSPS) is 10.2. The first-order valence-electron chi connectivity index (χ1n) is 6.60. The highest BCUT2D eigenvalue weighted by Crippen LogP contribution is 2.15. The first-order valence-corrected chi connectivity index (χ1v) is 6.60. The molecule has 3 aromatic rings. The average molecular weight is 292 g/mol. The monoisotopic (exact) mass is 292 g/mol. The minimum Gasteiger partial charge on any atom is -0.328 e. The zero-order valence-corrected chi connectivity index (χ0v) is 11.5. The summed E-state index contributed by atoms with van der Waals surface area (Å²) >= 11 is 0. The third-order valence-corrected chi connectivity index (χ3v) is 2.99. The van der Waals surface area contributed by atoms with Crippen molar-refractivity contribution < 1.29 is 4.79 Å². The Morgan fingerprint density at radius 1 is 1.00 bits per heavy atom. The van der Waals surface area contributed by atoms with E-state index in [4.69, 9.17) is 0 Å². The van der Waals surface area contributed by atoms with Crippen LogP contribution in [-0.4, -0.2) is 20.9 Å². The number of hydrogen-bond donors (Lipinski definition) is 2. The van der Waals surface area contributed by atoms with E-state index in [9.17, 15) is 9.59 Å². The number of aromatic nitrogens is 3. The van der Waals surface area contributed by atoms with Crippen molar-refractivity contribution in [1.82, 2.24) is 15.0 Å². The molecule has 0 aliphatic rings. The van der Waals surface area contributed by atoms with Crippen LogP contribution >= 0.6 is 0 Å². The van der Waals surface area contributed by atoms with Crippen LogP contribution in [0.5, 0.6) is 0 Å². The van der Waals surface area contributed by atoms with E-state index in [1.165, 1.54) is 18.3 Å². The van der Waals surface area contributed by atoms with Crippen LogP contribution in [-0.2, 0) is 0 Å². The molecular formula is C16H12N4O2. The Hall–Kier alpha value is -3.28. The van der Waals surface area contributed by atoms with Crippen LogP contribution < -0.4 is 10.9 Å². The Kier molecular flexibility index (Phi) is 3.74. The SMILES string of the molecule is O=C(Nc1cnc(-c2ccccc2)nc1)c1ccc(=O)[nH]c1. The van der Waals surface area contributed by atoms with E-state index in [2.05, 4.69) is 20.3 Å². The van der Waals surface area contributed by atoms with Crippen LogP contribution in [0.3, 0.4) is 0 Å². The molecule has 0 radical (unpaired) electrons. The maximum atomic E-state index is 12.0. The number of anilines is 1. The molecule has 6 heteroatoms. The molecule has 22 heavy (non-hydrogen) atoms. The van der Waals surface area contributed by atoms with Crippen molar-refractivity contribution in [1.29, 1.82) is 0 Å². The van der Waals surface area contributed by atoms with E-state index in [1.807, 2.05) is 30.3 Å². The lowest BCUT2D eigenvalue weighted by Gasteiger charge is -2.05. The maximum Gasteiger partial charge on any atom is 0.257 e. The lowest BCUT2D eigenvalue weighted by Crippen LogP contribution is -2.14. The number of hydrogen-bond acceptors (Lipinski definition) is 4. The molecule has 0 saturated heterocycles. The lowest BCUT2D eigenvalue weighted by atomic mass is 10.2. The fourth-order valence-electron chi connectivity index (χ4n) is 1.88. The van der Waals surface area contributed by atoms with Gasteiger partial charge in [0.15, 0.2) is 5.82 Å². The molecule has 0 atom stereocenters. The summed E-state index contributed by atoms with van der Waals surface area (Å²) in [6.07, 6.45) is 4.44. The van der Waals surface area contributed by atoms with Crippen LogP contribution in [0.2, 0.25) is 0 Å². The predicted octanol–water partition coefficient (Wildman–Crippen LogP) is 2.08. The van der Waals surface area contributed by atoms with Crippen molar-refractivity contribution in [2.24, 2.45) is 0 Å². The number of nitrogens with one attached hydrogen (secondary N) is 2. The average Bonchev–Trinajstić information content (AvgIpc) is 2.57. The van der Waals surface area contributed by atoms with Crippen LogP contribution in [0.25, 0.3) is 11.4 Å². The molecule has 0 unspecified atom stereocenters. The van der Waals surface area contributed by atoms with E-state index in [1.54, 1.807) is 12.4 Å². The second-order valence-electron chi connectivity index (χ2n) is 4.56. The summed E-state index contributed by atoms with van der Waals surface area (Å²) in [5, 5.41) is 2.67. The van der Waals surface area contributed by atoms with Gasteiger partial charge in [0.05, 0.1) is 23.6 Å². The van der Waals surface area contributed by atoms with Crippen molar-refractivity contribution >= 4 is 11.6 Å². The molecule has 0 bridgehead atoms. The molecule has 1 amide bonds. The number of H-pyrrole nitrogens is 1. The number of aromatic amines is 1. The summed E-state index contributed by atoms with van der Waals surface area (Å²) < 4.78 is 0. The summed E-state index contributed by atoms with van der Waals surface area (Å²) in [6, 6.07) is 12.3. The molecule has 0 spiro atoms. The van der Waals surface area contributed by atoms with E-state index in [0.29, 0.717) is 17.1 Å². The molecule has 1 aromatic carbocycles. The summed E-state index contributed by atoms with van der Waals surface area (Å²) in [7, 11) is 0. The maximum absolute atomic E-state index is 12.0. The van der Waals surface area contributed by atoms with Gasteiger partial charge >= 0.3 is 0 Å². The standard InChI is InChI=1S/C16H12N4O2/c21-14-7-6-12(8-17-14)16(22)20-13-9-18-15(19-10-13)11-4-2-1-3-5-11/h1-10H,(H,17,21)(H,20,22). The van der Waals surface area contributed by atoms with Crippen LogP contribution in [0.4, 0.5) is 5.69 Å². The molecule has 6 nitrogen and oxygen atoms in total. The van der Waals surface area contributed by atoms with Crippen LogP contribution in [0.15, 0.2) is 65.8 Å². The van der Waals surface area contributed by atoms with Crippen molar-refractivity contribution in [3.05, 3.63) is 77.0 Å². The van der Waals surface area contributed by atoms with E-state index >= 15 is 0 Å². The molecule has 0 aliphatic carbocycles. The van der Waals surface area contributed by atoms with Gasteiger partial charge in [0.1, 0.15) is 0 Å². The number of benzene rings is 1. The highest BCUT2D eigenvalue weighted by molar-refractivity contribution is 6.03. The van der Waals surface area contributed by atoms with Gasteiger partial charge in [-0.1, -0.05) is 30.3 Å². The van der Waals surface area contributed by atoms with Crippen LogP contribution in [0.1, 0.15) is 10.4 Å². The number of rotatable bonds is 3. The third kappa shape index (κ3) is 3.06. The molecule has 0 fully saturated rings.